The number of ether oxygens (including phenoxy) is 1. The molecule has 164 valence electrons. The number of benzene rings is 3. The first-order valence-electron chi connectivity index (χ1n) is 10.8. The monoisotopic (exact) mass is 439 g/mol. The van der Waals surface area contributed by atoms with E-state index in [9.17, 15) is 14.4 Å². The van der Waals surface area contributed by atoms with Gasteiger partial charge in [0, 0.05) is 17.6 Å². The minimum Gasteiger partial charge on any atom is -0.451 e. The van der Waals surface area contributed by atoms with Crippen molar-refractivity contribution in [2.45, 2.75) is 12.8 Å². The van der Waals surface area contributed by atoms with Crippen molar-refractivity contribution < 1.29 is 14.3 Å². The second-order valence-electron chi connectivity index (χ2n) is 7.80. The summed E-state index contributed by atoms with van der Waals surface area (Å²) in [5.41, 5.74) is 2.13. The van der Waals surface area contributed by atoms with Crippen LogP contribution < -0.4 is 10.5 Å². The van der Waals surface area contributed by atoms with E-state index in [-0.39, 0.29) is 17.2 Å². The molecule has 0 saturated heterocycles. The van der Waals surface area contributed by atoms with Crippen molar-refractivity contribution in [1.82, 2.24) is 9.78 Å². The van der Waals surface area contributed by atoms with Crippen molar-refractivity contribution in [1.29, 1.82) is 0 Å². The summed E-state index contributed by atoms with van der Waals surface area (Å²) in [5.74, 6) is -1.05. The Morgan fingerprint density at radius 2 is 1.58 bits per heavy atom. The highest BCUT2D eigenvalue weighted by Gasteiger charge is 2.25. The van der Waals surface area contributed by atoms with Crippen molar-refractivity contribution in [3.05, 3.63) is 100 Å². The number of amides is 1. The zero-order valence-corrected chi connectivity index (χ0v) is 17.8. The van der Waals surface area contributed by atoms with Gasteiger partial charge in [-0.2, -0.15) is 9.78 Å². The third-order valence-corrected chi connectivity index (χ3v) is 5.74. The quantitative estimate of drug-likeness (QED) is 0.455. The molecular weight excluding hydrogens is 418 g/mol. The Morgan fingerprint density at radius 1 is 0.879 bits per heavy atom. The van der Waals surface area contributed by atoms with E-state index in [1.54, 1.807) is 53.4 Å². The molecule has 0 N–H and O–H groups in total. The molecule has 0 unspecified atom stereocenters. The van der Waals surface area contributed by atoms with Crippen molar-refractivity contribution in [2.24, 2.45) is 0 Å². The molecule has 33 heavy (non-hydrogen) atoms. The van der Waals surface area contributed by atoms with E-state index in [2.05, 4.69) is 5.10 Å². The number of hydrogen-bond donors (Lipinski definition) is 0. The molecular formula is C26H21N3O4. The van der Waals surface area contributed by atoms with Crippen molar-refractivity contribution in [3.63, 3.8) is 0 Å². The van der Waals surface area contributed by atoms with Crippen LogP contribution in [0.5, 0.6) is 0 Å². The molecule has 0 fully saturated rings. The maximum atomic E-state index is 13.0. The van der Waals surface area contributed by atoms with E-state index in [4.69, 9.17) is 4.74 Å². The predicted octanol–water partition coefficient (Wildman–Crippen LogP) is 3.52. The molecule has 1 aliphatic rings. The number of aryl methyl sites for hydroxylation is 1. The highest BCUT2D eigenvalue weighted by Crippen LogP contribution is 2.26. The maximum absolute atomic E-state index is 13.0. The van der Waals surface area contributed by atoms with Crippen LogP contribution in [0.1, 0.15) is 22.5 Å². The van der Waals surface area contributed by atoms with Crippen LogP contribution >= 0.6 is 0 Å². The van der Waals surface area contributed by atoms with Gasteiger partial charge in [-0.15, -0.1) is 0 Å². The lowest BCUT2D eigenvalue weighted by Crippen LogP contribution is -2.38. The molecule has 5 rings (SSSR count). The number of anilines is 1. The molecule has 4 aromatic rings. The average molecular weight is 439 g/mol. The molecule has 0 bridgehead atoms. The molecule has 1 aliphatic heterocycles. The smallest absolute Gasteiger partial charge is 0.359 e. The first-order valence-corrected chi connectivity index (χ1v) is 10.8. The molecule has 0 spiro atoms. The molecule has 1 amide bonds. The number of para-hydroxylation sites is 2. The summed E-state index contributed by atoms with van der Waals surface area (Å²) in [5, 5.41) is 5.03. The third-order valence-electron chi connectivity index (χ3n) is 5.74. The molecule has 7 heteroatoms. The second kappa shape index (κ2) is 8.70. The number of fused-ring (bicyclic) bond motifs is 2. The fourth-order valence-corrected chi connectivity index (χ4v) is 4.15. The van der Waals surface area contributed by atoms with E-state index in [1.807, 2.05) is 30.3 Å². The Balaban J connectivity index is 1.44. The summed E-state index contributed by atoms with van der Waals surface area (Å²) < 4.78 is 6.57. The Hall–Kier alpha value is -4.26. The van der Waals surface area contributed by atoms with Gasteiger partial charge in [-0.05, 0) is 42.7 Å². The normalized spacial score (nSPS) is 12.9. The zero-order chi connectivity index (χ0) is 22.8. The first-order chi connectivity index (χ1) is 16.1. The summed E-state index contributed by atoms with van der Waals surface area (Å²) in [6.07, 6.45) is 1.77. The fourth-order valence-electron chi connectivity index (χ4n) is 4.15. The van der Waals surface area contributed by atoms with Crippen LogP contribution in [0.2, 0.25) is 0 Å². The lowest BCUT2D eigenvalue weighted by molar-refractivity contribution is -0.121. The van der Waals surface area contributed by atoms with Crippen LogP contribution in [0, 0.1) is 0 Å². The minimum absolute atomic E-state index is 0.0131. The van der Waals surface area contributed by atoms with E-state index in [1.165, 1.54) is 4.68 Å². The van der Waals surface area contributed by atoms with Gasteiger partial charge in [0.15, 0.2) is 12.3 Å². The van der Waals surface area contributed by atoms with Crippen LogP contribution in [0.3, 0.4) is 0 Å². The molecule has 0 atom stereocenters. The standard InChI is InChI=1S/C26H21N3O4/c30-23(28-16-8-10-18-9-4-7-15-22(18)28)17-33-26(32)24-20-13-5-6-14-21(20)25(31)29(27-24)19-11-2-1-3-12-19/h1-7,9,11-15H,8,10,16-17H2. The number of carbonyl (C=O) groups excluding carboxylic acids is 2. The van der Waals surface area contributed by atoms with Crippen LogP contribution in [0.4, 0.5) is 5.69 Å². The summed E-state index contributed by atoms with van der Waals surface area (Å²) >= 11 is 0. The average Bonchev–Trinajstić information content (AvgIpc) is 2.87. The van der Waals surface area contributed by atoms with Crippen LogP contribution in [-0.2, 0) is 16.0 Å². The van der Waals surface area contributed by atoms with Gasteiger partial charge in [0.1, 0.15) is 0 Å². The number of nitrogens with zero attached hydrogens (tertiary/aromatic N) is 3. The fraction of sp³-hybridized carbons (Fsp3) is 0.154. The van der Waals surface area contributed by atoms with Crippen LogP contribution in [-0.4, -0.2) is 34.8 Å². The number of rotatable bonds is 4. The predicted molar refractivity (Wildman–Crippen MR) is 125 cm³/mol. The Morgan fingerprint density at radius 3 is 2.39 bits per heavy atom. The molecule has 1 aromatic heterocycles. The minimum atomic E-state index is -0.755. The first kappa shape index (κ1) is 20.6. The largest absolute Gasteiger partial charge is 0.451 e. The highest BCUT2D eigenvalue weighted by atomic mass is 16.5. The van der Waals surface area contributed by atoms with Gasteiger partial charge in [-0.3, -0.25) is 9.59 Å². The van der Waals surface area contributed by atoms with E-state index in [0.717, 1.165) is 24.1 Å². The number of esters is 1. The van der Waals surface area contributed by atoms with Gasteiger partial charge < -0.3 is 9.64 Å². The van der Waals surface area contributed by atoms with Gasteiger partial charge in [-0.25, -0.2) is 4.79 Å². The SMILES string of the molecule is O=C(OCC(=O)N1CCCc2ccccc21)c1nn(-c2ccccc2)c(=O)c2ccccc12. The lowest BCUT2D eigenvalue weighted by atomic mass is 10.0. The van der Waals surface area contributed by atoms with Gasteiger partial charge >= 0.3 is 5.97 Å². The van der Waals surface area contributed by atoms with Gasteiger partial charge in [0.25, 0.3) is 11.5 Å². The van der Waals surface area contributed by atoms with Gasteiger partial charge in [0.2, 0.25) is 0 Å². The van der Waals surface area contributed by atoms with E-state index in [0.29, 0.717) is 23.0 Å². The van der Waals surface area contributed by atoms with Crippen molar-refractivity contribution >= 4 is 28.3 Å². The summed E-state index contributed by atoms with van der Waals surface area (Å²) in [4.78, 5) is 40.5. The van der Waals surface area contributed by atoms with Gasteiger partial charge in [0.05, 0.1) is 11.1 Å². The summed E-state index contributed by atoms with van der Waals surface area (Å²) in [6.45, 7) is 0.168. The number of hydrogen-bond acceptors (Lipinski definition) is 5. The summed E-state index contributed by atoms with van der Waals surface area (Å²) in [6, 6.07) is 23.4. The van der Waals surface area contributed by atoms with Gasteiger partial charge in [-0.1, -0.05) is 54.6 Å². The summed E-state index contributed by atoms with van der Waals surface area (Å²) in [7, 11) is 0. The Labute approximate surface area is 189 Å². The lowest BCUT2D eigenvalue weighted by Gasteiger charge is -2.29. The maximum Gasteiger partial charge on any atom is 0.359 e. The van der Waals surface area contributed by atoms with Crippen molar-refractivity contribution in [3.8, 4) is 5.69 Å². The molecule has 0 aliphatic carbocycles. The van der Waals surface area contributed by atoms with Crippen molar-refractivity contribution in [2.75, 3.05) is 18.1 Å². The zero-order valence-electron chi connectivity index (χ0n) is 17.8. The molecule has 0 radical (unpaired) electrons. The molecule has 7 nitrogen and oxygen atoms in total. The molecule has 3 aromatic carbocycles. The molecule has 2 heterocycles. The number of aromatic nitrogens is 2. The number of carbonyl (C=O) groups is 2. The van der Waals surface area contributed by atoms with E-state index < -0.39 is 12.6 Å². The Bertz CT molecular complexity index is 1410. The van der Waals surface area contributed by atoms with E-state index >= 15 is 0 Å². The topological polar surface area (TPSA) is 81.5 Å². The Kier molecular flexibility index (Phi) is 5.44. The van der Waals surface area contributed by atoms with Crippen LogP contribution in [0.15, 0.2) is 83.7 Å². The highest BCUT2D eigenvalue weighted by molar-refractivity contribution is 6.03. The third kappa shape index (κ3) is 3.89. The second-order valence-corrected chi connectivity index (χ2v) is 7.80. The van der Waals surface area contributed by atoms with Crippen LogP contribution in [0.25, 0.3) is 16.5 Å². The molecule has 0 saturated carbocycles.